The second-order valence-electron chi connectivity index (χ2n) is 3.67. The van der Waals surface area contributed by atoms with Gasteiger partial charge in [0.05, 0.1) is 17.3 Å². The molecule has 1 aliphatic rings. The predicted octanol–water partition coefficient (Wildman–Crippen LogP) is 3.60. The molecule has 1 aliphatic heterocycles. The molecule has 90 valence electrons. The van der Waals surface area contributed by atoms with Crippen LogP contribution in [0.4, 0.5) is 8.78 Å². The van der Waals surface area contributed by atoms with Crippen LogP contribution in [0.5, 0.6) is 0 Å². The maximum absolute atomic E-state index is 13.3. The zero-order chi connectivity index (χ0) is 12.4. The molecular formula is C12H9BrF2O2. The van der Waals surface area contributed by atoms with Crippen molar-refractivity contribution in [3.8, 4) is 0 Å². The van der Waals surface area contributed by atoms with Crippen molar-refractivity contribution in [1.82, 2.24) is 0 Å². The van der Waals surface area contributed by atoms with Gasteiger partial charge in [-0.2, -0.15) is 0 Å². The highest BCUT2D eigenvalue weighted by Gasteiger charge is 2.21. The van der Waals surface area contributed by atoms with E-state index in [1.165, 1.54) is 12.3 Å². The van der Waals surface area contributed by atoms with Crippen LogP contribution in [0, 0.1) is 11.6 Å². The summed E-state index contributed by atoms with van der Waals surface area (Å²) < 4.78 is 31.1. The Morgan fingerprint density at radius 2 is 2.12 bits per heavy atom. The average Bonchev–Trinajstić information content (AvgIpc) is 2.36. The first kappa shape index (κ1) is 12.2. The molecule has 0 saturated heterocycles. The smallest absolute Gasteiger partial charge is 0.193 e. The molecule has 0 radical (unpaired) electrons. The van der Waals surface area contributed by atoms with Crippen LogP contribution in [0.3, 0.4) is 0 Å². The third kappa shape index (κ3) is 2.39. The zero-order valence-electron chi connectivity index (χ0n) is 8.80. The normalized spacial score (nSPS) is 15.1. The Hall–Kier alpha value is -1.23. The van der Waals surface area contributed by atoms with E-state index < -0.39 is 11.6 Å². The number of ether oxygens (including phenoxy) is 1. The van der Waals surface area contributed by atoms with Crippen molar-refractivity contribution in [3.63, 3.8) is 0 Å². The van der Waals surface area contributed by atoms with Gasteiger partial charge in [-0.25, -0.2) is 8.78 Å². The van der Waals surface area contributed by atoms with Crippen LogP contribution in [0.25, 0.3) is 0 Å². The van der Waals surface area contributed by atoms with Crippen molar-refractivity contribution in [2.45, 2.75) is 12.8 Å². The molecule has 0 fully saturated rings. The number of benzene rings is 1. The van der Waals surface area contributed by atoms with Gasteiger partial charge >= 0.3 is 0 Å². The lowest BCUT2D eigenvalue weighted by Crippen LogP contribution is -2.10. The Morgan fingerprint density at radius 3 is 2.76 bits per heavy atom. The molecular weight excluding hydrogens is 294 g/mol. The summed E-state index contributed by atoms with van der Waals surface area (Å²) >= 11 is 2.89. The van der Waals surface area contributed by atoms with Crippen LogP contribution in [0.1, 0.15) is 23.2 Å². The Labute approximate surface area is 105 Å². The highest BCUT2D eigenvalue weighted by Crippen LogP contribution is 2.27. The Balaban J connectivity index is 2.37. The molecule has 17 heavy (non-hydrogen) atoms. The van der Waals surface area contributed by atoms with E-state index in [0.29, 0.717) is 18.6 Å². The lowest BCUT2D eigenvalue weighted by Gasteiger charge is -2.13. The minimum absolute atomic E-state index is 0.112. The van der Waals surface area contributed by atoms with Crippen molar-refractivity contribution in [3.05, 3.63) is 45.6 Å². The first-order chi connectivity index (χ1) is 8.11. The van der Waals surface area contributed by atoms with Crippen LogP contribution in [-0.4, -0.2) is 12.4 Å². The molecule has 1 heterocycles. The second-order valence-corrected chi connectivity index (χ2v) is 4.46. The minimum atomic E-state index is -1.05. The molecule has 0 spiro atoms. The number of carbonyl (C=O) groups excluding carboxylic acids is 1. The van der Waals surface area contributed by atoms with E-state index in [2.05, 4.69) is 15.9 Å². The van der Waals surface area contributed by atoms with Crippen LogP contribution in [-0.2, 0) is 4.74 Å². The van der Waals surface area contributed by atoms with Crippen molar-refractivity contribution in [1.29, 1.82) is 0 Å². The molecule has 1 aromatic rings. The molecule has 2 nitrogen and oxygen atoms in total. The zero-order valence-corrected chi connectivity index (χ0v) is 10.4. The van der Waals surface area contributed by atoms with Gasteiger partial charge in [-0.15, -0.1) is 0 Å². The number of Topliss-reactive ketones (excluding diaryl/α,β-unsaturated/α-hetero) is 1. The molecule has 0 unspecified atom stereocenters. The average molecular weight is 303 g/mol. The third-order valence-electron chi connectivity index (χ3n) is 2.51. The van der Waals surface area contributed by atoms with E-state index >= 15 is 0 Å². The molecule has 0 amide bonds. The van der Waals surface area contributed by atoms with Crippen molar-refractivity contribution in [2.75, 3.05) is 6.61 Å². The molecule has 1 aromatic carbocycles. The topological polar surface area (TPSA) is 26.3 Å². The van der Waals surface area contributed by atoms with E-state index in [0.717, 1.165) is 12.5 Å². The third-order valence-corrected chi connectivity index (χ3v) is 3.28. The summed E-state index contributed by atoms with van der Waals surface area (Å²) in [4.78, 5) is 12.0. The number of rotatable bonds is 2. The SMILES string of the molecule is O=C(C1=COCCC1)c1ccc(F)c(F)c1Br. The largest absolute Gasteiger partial charge is 0.501 e. The Bertz CT molecular complexity index is 498. The predicted molar refractivity (Wildman–Crippen MR) is 61.7 cm³/mol. The van der Waals surface area contributed by atoms with Gasteiger partial charge in [-0.05, 0) is 40.9 Å². The van der Waals surface area contributed by atoms with Crippen molar-refractivity contribution in [2.24, 2.45) is 0 Å². The number of carbonyl (C=O) groups is 1. The number of halogens is 3. The van der Waals surface area contributed by atoms with Crippen LogP contribution in [0.2, 0.25) is 0 Å². The van der Waals surface area contributed by atoms with E-state index in [9.17, 15) is 13.6 Å². The van der Waals surface area contributed by atoms with Gasteiger partial charge in [0.15, 0.2) is 17.4 Å². The lowest BCUT2D eigenvalue weighted by atomic mass is 9.99. The van der Waals surface area contributed by atoms with E-state index in [4.69, 9.17) is 4.74 Å². The maximum atomic E-state index is 13.3. The second kappa shape index (κ2) is 4.96. The quantitative estimate of drug-likeness (QED) is 0.616. The summed E-state index contributed by atoms with van der Waals surface area (Å²) in [6, 6.07) is 2.21. The number of allylic oxidation sites excluding steroid dienone is 1. The Morgan fingerprint density at radius 1 is 1.35 bits per heavy atom. The first-order valence-electron chi connectivity index (χ1n) is 5.10. The number of hydrogen-bond acceptors (Lipinski definition) is 2. The fourth-order valence-corrected chi connectivity index (χ4v) is 2.11. The van der Waals surface area contributed by atoms with Crippen molar-refractivity contribution >= 4 is 21.7 Å². The van der Waals surface area contributed by atoms with Crippen LogP contribution in [0.15, 0.2) is 28.4 Å². The molecule has 5 heteroatoms. The standard InChI is InChI=1S/C12H9BrF2O2/c13-10-8(3-4-9(14)11(10)15)12(16)7-2-1-5-17-6-7/h3-4,6H,1-2,5H2. The summed E-state index contributed by atoms with van der Waals surface area (Å²) in [6.07, 6.45) is 2.72. The highest BCUT2D eigenvalue weighted by molar-refractivity contribution is 9.10. The summed E-state index contributed by atoms with van der Waals surface area (Å²) in [7, 11) is 0. The van der Waals surface area contributed by atoms with Crippen molar-refractivity contribution < 1.29 is 18.3 Å². The molecule has 0 atom stereocenters. The molecule has 0 saturated carbocycles. The van der Waals surface area contributed by atoms with Crippen LogP contribution >= 0.6 is 15.9 Å². The van der Waals surface area contributed by atoms with Gasteiger partial charge in [0, 0.05) is 11.1 Å². The summed E-state index contributed by atoms with van der Waals surface area (Å²) in [5.74, 6) is -2.37. The lowest BCUT2D eigenvalue weighted by molar-refractivity contribution is 0.101. The summed E-state index contributed by atoms with van der Waals surface area (Å²) in [5, 5.41) is 0. The summed E-state index contributed by atoms with van der Waals surface area (Å²) in [6.45, 7) is 0.579. The molecule has 0 aromatic heterocycles. The number of ketones is 1. The molecule has 0 N–H and O–H groups in total. The van der Waals surface area contributed by atoms with Gasteiger partial charge in [0.1, 0.15) is 0 Å². The van der Waals surface area contributed by atoms with Gasteiger partial charge in [0.25, 0.3) is 0 Å². The van der Waals surface area contributed by atoms with E-state index in [-0.39, 0.29) is 15.8 Å². The fraction of sp³-hybridized carbons (Fsp3) is 0.250. The molecule has 2 rings (SSSR count). The summed E-state index contributed by atoms with van der Waals surface area (Å²) in [5.41, 5.74) is 0.587. The van der Waals surface area contributed by atoms with E-state index in [1.54, 1.807) is 0 Å². The van der Waals surface area contributed by atoms with E-state index in [1.807, 2.05) is 0 Å². The van der Waals surface area contributed by atoms with Gasteiger partial charge < -0.3 is 4.74 Å². The van der Waals surface area contributed by atoms with Gasteiger partial charge in [0.2, 0.25) is 0 Å². The first-order valence-corrected chi connectivity index (χ1v) is 5.89. The molecule has 0 aliphatic carbocycles. The fourth-order valence-electron chi connectivity index (χ4n) is 1.61. The maximum Gasteiger partial charge on any atom is 0.193 e. The highest BCUT2D eigenvalue weighted by atomic mass is 79.9. The minimum Gasteiger partial charge on any atom is -0.501 e. The monoisotopic (exact) mass is 302 g/mol. The molecule has 0 bridgehead atoms. The Kier molecular flexibility index (Phi) is 3.57. The number of hydrogen-bond donors (Lipinski definition) is 0. The van der Waals surface area contributed by atoms with Gasteiger partial charge in [-0.1, -0.05) is 0 Å². The van der Waals surface area contributed by atoms with Gasteiger partial charge in [-0.3, -0.25) is 4.79 Å². The van der Waals surface area contributed by atoms with Crippen LogP contribution < -0.4 is 0 Å².